The quantitative estimate of drug-likeness (QED) is 0.0262. The fourth-order valence-corrected chi connectivity index (χ4v) is 13.0. The smallest absolute Gasteiger partial charge is 0.350 e. The summed E-state index contributed by atoms with van der Waals surface area (Å²) in [4.78, 5) is 99.5. The predicted molar refractivity (Wildman–Crippen MR) is 294 cm³/mol. The number of Topliss-reactive ketones (excluding diaryl/α,β-unsaturated/α-hetero) is 1. The number of halogens is 1. The molecule has 1 unspecified atom stereocenters. The Hall–Kier alpha value is -4.97. The predicted octanol–water partition coefficient (Wildman–Crippen LogP) is 9.81. The molecule has 0 radical (unpaired) electrons. The molecule has 4 aliphatic rings. The minimum atomic E-state index is -2.42. The van der Waals surface area contributed by atoms with Crippen molar-refractivity contribution in [3.05, 3.63) is 82.9 Å². The van der Waals surface area contributed by atoms with E-state index in [0.29, 0.717) is 12.8 Å². The topological polar surface area (TPSA) is 227 Å². The number of nitrogens with one attached hydrogen (secondary N) is 1. The van der Waals surface area contributed by atoms with Gasteiger partial charge in [-0.3, -0.25) is 24.0 Å². The maximum atomic E-state index is 15.8. The number of alkyl halides is 1. The van der Waals surface area contributed by atoms with E-state index in [4.69, 9.17) is 28.4 Å². The number of esters is 5. The number of ketones is 1. The number of ether oxygens (including phenoxy) is 6. The molecular formula is C61H84BrNO15. The summed E-state index contributed by atoms with van der Waals surface area (Å²) < 4.78 is 37.2. The molecule has 3 aliphatic carbocycles. The standard InChI is InChI=1S/C61H84BrNO15/c1-10-11-12-13-14-15-16-17-18-19-20-27-32-43(62)56(70)76-49(44(33-37(2)3)63-54(68)41-28-23-21-24-29-41)57(71)75-45-35-61(72)53(77-55(69)42-30-25-22-26-31-42)51-59(9,46(66)34-47-60(51,36-73-47)78-40(6)65)52(67)50(74-39(5)64)48(38(45)4)58(61,7)8/h21-26,28-31,37,43-47,49-51,53,66,72H,10-20,27,32-36H2,1-9H3,(H,63,68)/t43?,44-,45-,46-,47+,49+,50+,51-,53-,59+,60-,61+/m0/s1. The van der Waals surface area contributed by atoms with E-state index in [-0.39, 0.29) is 47.6 Å². The number of carbonyl (C=O) groups is 7. The van der Waals surface area contributed by atoms with E-state index in [1.54, 1.807) is 69.3 Å². The number of unbranched alkanes of at least 4 members (excludes halogenated alkanes) is 11. The average Bonchev–Trinajstić information content (AvgIpc) is 2.95. The lowest BCUT2D eigenvalue weighted by Crippen LogP contribution is -2.82. The molecule has 1 heterocycles. The molecular weight excluding hydrogens is 1070 g/mol. The molecule has 1 aliphatic heterocycles. The van der Waals surface area contributed by atoms with Crippen LogP contribution in [0.15, 0.2) is 71.8 Å². The molecule has 430 valence electrons. The Kier molecular flexibility index (Phi) is 21.5. The van der Waals surface area contributed by atoms with Gasteiger partial charge in [0.15, 0.2) is 17.5 Å². The fourth-order valence-electron chi connectivity index (χ4n) is 12.6. The number of hydrogen-bond donors (Lipinski definition) is 3. The van der Waals surface area contributed by atoms with Gasteiger partial charge in [0.25, 0.3) is 5.91 Å². The van der Waals surface area contributed by atoms with Crippen molar-refractivity contribution in [3.8, 4) is 0 Å². The highest BCUT2D eigenvalue weighted by Crippen LogP contribution is 2.64. The molecule has 6 rings (SSSR count). The van der Waals surface area contributed by atoms with Gasteiger partial charge in [-0.05, 0) is 68.0 Å². The molecule has 12 atom stereocenters. The van der Waals surface area contributed by atoms with E-state index in [1.165, 1.54) is 64.0 Å². The van der Waals surface area contributed by atoms with Crippen LogP contribution in [0.3, 0.4) is 0 Å². The number of rotatable bonds is 26. The van der Waals surface area contributed by atoms with Crippen LogP contribution in [0.1, 0.15) is 186 Å². The number of aliphatic hydroxyl groups is 2. The molecule has 2 saturated carbocycles. The van der Waals surface area contributed by atoms with Crippen LogP contribution < -0.4 is 5.32 Å². The summed E-state index contributed by atoms with van der Waals surface area (Å²) in [7, 11) is 0. The van der Waals surface area contributed by atoms with Crippen LogP contribution in [0, 0.1) is 22.7 Å². The molecule has 1 saturated heterocycles. The lowest BCUT2D eigenvalue weighted by atomic mass is 9.44. The highest BCUT2D eigenvalue weighted by Gasteiger charge is 2.78. The summed E-state index contributed by atoms with van der Waals surface area (Å²) in [5, 5.41) is 29.2. The van der Waals surface area contributed by atoms with Gasteiger partial charge in [-0.15, -0.1) is 0 Å². The average molecular weight is 1150 g/mol. The number of hydrogen-bond acceptors (Lipinski definition) is 15. The second-order valence-corrected chi connectivity index (χ2v) is 24.4. The van der Waals surface area contributed by atoms with E-state index in [9.17, 15) is 34.2 Å². The van der Waals surface area contributed by atoms with Gasteiger partial charge in [0.05, 0.1) is 35.6 Å². The molecule has 78 heavy (non-hydrogen) atoms. The lowest BCUT2D eigenvalue weighted by Gasteiger charge is -2.67. The van der Waals surface area contributed by atoms with Gasteiger partial charge in [-0.2, -0.15) is 0 Å². The van der Waals surface area contributed by atoms with Crippen molar-refractivity contribution in [2.24, 2.45) is 22.7 Å². The van der Waals surface area contributed by atoms with Crippen molar-refractivity contribution in [1.82, 2.24) is 5.32 Å². The van der Waals surface area contributed by atoms with Crippen molar-refractivity contribution in [1.29, 1.82) is 0 Å². The van der Waals surface area contributed by atoms with E-state index in [0.717, 1.165) is 39.5 Å². The Morgan fingerprint density at radius 1 is 0.782 bits per heavy atom. The molecule has 16 nitrogen and oxygen atoms in total. The van der Waals surface area contributed by atoms with Crippen molar-refractivity contribution in [3.63, 3.8) is 0 Å². The zero-order valence-corrected chi connectivity index (χ0v) is 48.7. The highest BCUT2D eigenvalue weighted by atomic mass is 79.9. The zero-order chi connectivity index (χ0) is 57.2. The van der Waals surface area contributed by atoms with Gasteiger partial charge in [0, 0.05) is 37.7 Å². The van der Waals surface area contributed by atoms with Gasteiger partial charge in [0.1, 0.15) is 28.7 Å². The van der Waals surface area contributed by atoms with Crippen LogP contribution in [0.4, 0.5) is 0 Å². The first-order valence-corrected chi connectivity index (χ1v) is 29.2. The van der Waals surface area contributed by atoms with Gasteiger partial charge in [-0.1, -0.05) is 164 Å². The van der Waals surface area contributed by atoms with E-state index >= 15 is 9.59 Å². The summed E-state index contributed by atoms with van der Waals surface area (Å²) in [6, 6.07) is 15.1. The molecule has 2 aromatic carbocycles. The van der Waals surface area contributed by atoms with Gasteiger partial charge >= 0.3 is 29.8 Å². The summed E-state index contributed by atoms with van der Waals surface area (Å²) in [5.41, 5.74) is -7.45. The zero-order valence-electron chi connectivity index (χ0n) is 47.1. The van der Waals surface area contributed by atoms with Gasteiger partial charge in [-0.25, -0.2) is 9.59 Å². The summed E-state index contributed by atoms with van der Waals surface area (Å²) in [6.07, 6.45) is 3.85. The first-order chi connectivity index (χ1) is 36.9. The molecule has 17 heteroatoms. The van der Waals surface area contributed by atoms with Crippen molar-refractivity contribution in [2.75, 3.05) is 6.61 Å². The lowest BCUT2D eigenvalue weighted by molar-refractivity contribution is -0.346. The molecule has 2 bridgehead atoms. The monoisotopic (exact) mass is 1150 g/mol. The van der Waals surface area contributed by atoms with E-state index in [1.807, 2.05) is 13.8 Å². The first kappa shape index (κ1) is 62.2. The Morgan fingerprint density at radius 3 is 1.87 bits per heavy atom. The van der Waals surface area contributed by atoms with Crippen LogP contribution in [-0.4, -0.2) is 117 Å². The minimum Gasteiger partial charge on any atom is -0.455 e. The third-order valence-electron chi connectivity index (χ3n) is 16.9. The van der Waals surface area contributed by atoms with Crippen LogP contribution in [-0.2, 0) is 52.4 Å². The van der Waals surface area contributed by atoms with Crippen LogP contribution >= 0.6 is 15.9 Å². The number of benzene rings is 2. The summed E-state index contributed by atoms with van der Waals surface area (Å²) >= 11 is 3.53. The maximum Gasteiger partial charge on any atom is 0.350 e. The van der Waals surface area contributed by atoms with Crippen molar-refractivity contribution in [2.45, 2.75) is 224 Å². The van der Waals surface area contributed by atoms with Crippen molar-refractivity contribution < 1.29 is 72.2 Å². The Morgan fingerprint density at radius 2 is 1.35 bits per heavy atom. The van der Waals surface area contributed by atoms with E-state index in [2.05, 4.69) is 28.2 Å². The third kappa shape index (κ3) is 13.6. The van der Waals surface area contributed by atoms with Crippen LogP contribution in [0.5, 0.6) is 0 Å². The normalized spacial score (nSPS) is 28.2. The number of aliphatic hydroxyl groups excluding tert-OH is 1. The van der Waals surface area contributed by atoms with Crippen molar-refractivity contribution >= 4 is 57.5 Å². The number of fused-ring (bicyclic) bond motifs is 5. The SMILES string of the molecule is CCCCCCCCCCCCCCC(Br)C(=O)O[C@@H](C(=O)O[C@H]1C[C@@]2(O)[C@@H](OC(=O)c3ccccc3)[C@@H]3[C@]4(OC(C)=O)CO[C@@H]4C[C@H](O)[C@@]3(C)C(=O)[C@H](OC(C)=O)C(=C1C)C2(C)C)[C@H](CC(C)C)NC(=O)c1ccccc1. The summed E-state index contributed by atoms with van der Waals surface area (Å²) in [6.45, 7) is 14.1. The van der Waals surface area contributed by atoms with Crippen LogP contribution in [0.2, 0.25) is 0 Å². The molecule has 0 spiro atoms. The number of amides is 1. The van der Waals surface area contributed by atoms with E-state index < -0.39 is 123 Å². The second-order valence-electron chi connectivity index (χ2n) is 23.3. The summed E-state index contributed by atoms with van der Waals surface area (Å²) in [5.74, 6) is -7.61. The largest absolute Gasteiger partial charge is 0.455 e. The van der Waals surface area contributed by atoms with Gasteiger partial charge < -0.3 is 44.0 Å². The molecule has 0 aromatic heterocycles. The second kappa shape index (κ2) is 27.0. The van der Waals surface area contributed by atoms with Crippen LogP contribution in [0.25, 0.3) is 0 Å². The molecule has 1 amide bonds. The Labute approximate surface area is 468 Å². The third-order valence-corrected chi connectivity index (χ3v) is 17.8. The minimum absolute atomic E-state index is 0.00277. The highest BCUT2D eigenvalue weighted by molar-refractivity contribution is 9.10. The number of carbonyl (C=O) groups excluding carboxylic acids is 7. The maximum absolute atomic E-state index is 15.8. The Balaban J connectivity index is 1.40. The first-order valence-electron chi connectivity index (χ1n) is 28.3. The Bertz CT molecular complexity index is 2460. The molecule has 3 fully saturated rings. The fraction of sp³-hybridized carbons (Fsp3) is 0.656. The van der Waals surface area contributed by atoms with Gasteiger partial charge in [0.2, 0.25) is 6.10 Å². The molecule has 3 N–H and O–H groups in total. The molecule has 2 aromatic rings.